The Morgan fingerprint density at radius 3 is 2.45 bits per heavy atom. The first-order chi connectivity index (χ1) is 10.7. The third-order valence-electron chi connectivity index (χ3n) is 2.99. The summed E-state index contributed by atoms with van der Waals surface area (Å²) in [7, 11) is 1.78. The normalized spacial score (nSPS) is 10.3. The number of aromatic nitrogens is 3. The van der Waals surface area contributed by atoms with E-state index in [-0.39, 0.29) is 0 Å². The fourth-order valence-electron chi connectivity index (χ4n) is 1.95. The third-order valence-corrected chi connectivity index (χ3v) is 3.25. The Morgan fingerprint density at radius 1 is 0.955 bits per heavy atom. The van der Waals surface area contributed by atoms with Gasteiger partial charge in [0.2, 0.25) is 5.95 Å². The van der Waals surface area contributed by atoms with Gasteiger partial charge in [-0.2, -0.15) is 4.98 Å². The van der Waals surface area contributed by atoms with Crippen LogP contribution in [-0.4, -0.2) is 22.0 Å². The van der Waals surface area contributed by atoms with Crippen molar-refractivity contribution in [1.29, 1.82) is 0 Å². The molecule has 0 aliphatic rings. The van der Waals surface area contributed by atoms with Gasteiger partial charge in [0.05, 0.1) is 11.4 Å². The molecular formula is C16H14ClN5. The second-order valence-electron chi connectivity index (χ2n) is 4.56. The van der Waals surface area contributed by atoms with Crippen LogP contribution >= 0.6 is 11.6 Å². The van der Waals surface area contributed by atoms with E-state index in [0.29, 0.717) is 16.8 Å². The minimum atomic E-state index is 0.527. The minimum Gasteiger partial charge on any atom is -0.357 e. The number of hydrogen-bond donors (Lipinski definition) is 2. The van der Waals surface area contributed by atoms with Crippen molar-refractivity contribution >= 4 is 29.1 Å². The van der Waals surface area contributed by atoms with Crippen LogP contribution in [-0.2, 0) is 0 Å². The molecule has 0 aliphatic heterocycles. The summed E-state index contributed by atoms with van der Waals surface area (Å²) in [6, 6.07) is 15.0. The smallest absolute Gasteiger partial charge is 0.225 e. The number of rotatable bonds is 4. The van der Waals surface area contributed by atoms with Gasteiger partial charge in [0.15, 0.2) is 0 Å². The summed E-state index contributed by atoms with van der Waals surface area (Å²) >= 11 is 5.90. The van der Waals surface area contributed by atoms with Crippen LogP contribution in [0.2, 0.25) is 5.02 Å². The molecule has 0 radical (unpaired) electrons. The monoisotopic (exact) mass is 311 g/mol. The summed E-state index contributed by atoms with van der Waals surface area (Å²) in [5.74, 6) is 1.21. The molecule has 0 saturated heterocycles. The highest BCUT2D eigenvalue weighted by Gasteiger charge is 2.07. The molecule has 0 saturated carbocycles. The first-order valence-corrected chi connectivity index (χ1v) is 7.13. The SMILES string of the molecule is CNc1nc(Nc2ccc(Cl)cc2)cc(-c2ccccn2)n1. The Hall–Kier alpha value is -2.66. The van der Waals surface area contributed by atoms with E-state index in [0.717, 1.165) is 17.1 Å². The lowest BCUT2D eigenvalue weighted by molar-refractivity contribution is 1.14. The van der Waals surface area contributed by atoms with Gasteiger partial charge in [-0.25, -0.2) is 4.98 Å². The van der Waals surface area contributed by atoms with Crippen LogP contribution in [0, 0.1) is 0 Å². The van der Waals surface area contributed by atoms with Crippen molar-refractivity contribution in [1.82, 2.24) is 15.0 Å². The Labute approximate surface area is 133 Å². The number of pyridine rings is 1. The number of anilines is 3. The number of halogens is 1. The number of nitrogens with one attached hydrogen (secondary N) is 2. The van der Waals surface area contributed by atoms with Gasteiger partial charge in [-0.3, -0.25) is 4.98 Å². The zero-order chi connectivity index (χ0) is 15.4. The van der Waals surface area contributed by atoms with E-state index in [1.165, 1.54) is 0 Å². The summed E-state index contributed by atoms with van der Waals surface area (Å²) in [6.07, 6.45) is 1.74. The average molecular weight is 312 g/mol. The quantitative estimate of drug-likeness (QED) is 0.763. The van der Waals surface area contributed by atoms with Crippen LogP contribution in [0.5, 0.6) is 0 Å². The van der Waals surface area contributed by atoms with Gasteiger partial charge in [0.1, 0.15) is 5.82 Å². The Balaban J connectivity index is 1.95. The lowest BCUT2D eigenvalue weighted by Gasteiger charge is -2.09. The molecule has 0 unspecified atom stereocenters. The molecule has 0 amide bonds. The predicted octanol–water partition coefficient (Wildman–Crippen LogP) is 3.98. The molecule has 0 bridgehead atoms. The Kier molecular flexibility index (Phi) is 4.16. The molecule has 3 aromatic rings. The van der Waals surface area contributed by atoms with E-state index in [9.17, 15) is 0 Å². The van der Waals surface area contributed by atoms with Gasteiger partial charge in [-0.15, -0.1) is 0 Å². The predicted molar refractivity (Wildman–Crippen MR) is 89.5 cm³/mol. The van der Waals surface area contributed by atoms with Crippen molar-refractivity contribution < 1.29 is 0 Å². The van der Waals surface area contributed by atoms with E-state index < -0.39 is 0 Å². The highest BCUT2D eigenvalue weighted by Crippen LogP contribution is 2.23. The van der Waals surface area contributed by atoms with Crippen LogP contribution in [0.3, 0.4) is 0 Å². The summed E-state index contributed by atoms with van der Waals surface area (Å²) in [5, 5.41) is 6.89. The molecular weight excluding hydrogens is 298 g/mol. The maximum absolute atomic E-state index is 5.90. The lowest BCUT2D eigenvalue weighted by atomic mass is 10.2. The van der Waals surface area contributed by atoms with Crippen LogP contribution < -0.4 is 10.6 Å². The van der Waals surface area contributed by atoms with Crippen molar-refractivity contribution in [3.63, 3.8) is 0 Å². The van der Waals surface area contributed by atoms with Gasteiger partial charge < -0.3 is 10.6 Å². The van der Waals surface area contributed by atoms with E-state index in [4.69, 9.17) is 11.6 Å². The van der Waals surface area contributed by atoms with Crippen molar-refractivity contribution in [3.8, 4) is 11.4 Å². The summed E-state index contributed by atoms with van der Waals surface area (Å²) in [6.45, 7) is 0. The summed E-state index contributed by atoms with van der Waals surface area (Å²) in [5.41, 5.74) is 2.44. The first kappa shape index (κ1) is 14.3. The number of nitrogens with zero attached hydrogens (tertiary/aromatic N) is 3. The minimum absolute atomic E-state index is 0.527. The van der Waals surface area contributed by atoms with Crippen LogP contribution in [0.15, 0.2) is 54.7 Å². The van der Waals surface area contributed by atoms with Crippen LogP contribution in [0.4, 0.5) is 17.5 Å². The fraction of sp³-hybridized carbons (Fsp3) is 0.0625. The highest BCUT2D eigenvalue weighted by molar-refractivity contribution is 6.30. The fourth-order valence-corrected chi connectivity index (χ4v) is 2.08. The van der Waals surface area contributed by atoms with Gasteiger partial charge in [-0.1, -0.05) is 17.7 Å². The standard InChI is InChI=1S/C16H14ClN5/c1-18-16-21-14(13-4-2-3-9-19-13)10-15(22-16)20-12-7-5-11(17)6-8-12/h2-10H,1H3,(H2,18,20,21,22). The van der Waals surface area contributed by atoms with Crippen molar-refractivity contribution in [2.75, 3.05) is 17.7 Å². The maximum Gasteiger partial charge on any atom is 0.225 e. The van der Waals surface area contributed by atoms with E-state index in [1.807, 2.05) is 48.5 Å². The highest BCUT2D eigenvalue weighted by atomic mass is 35.5. The van der Waals surface area contributed by atoms with Crippen LogP contribution in [0.1, 0.15) is 0 Å². The first-order valence-electron chi connectivity index (χ1n) is 6.75. The summed E-state index contributed by atoms with van der Waals surface area (Å²) < 4.78 is 0. The molecule has 5 nitrogen and oxygen atoms in total. The molecule has 6 heteroatoms. The molecule has 0 fully saturated rings. The zero-order valence-corrected chi connectivity index (χ0v) is 12.7. The molecule has 1 aromatic carbocycles. The second kappa shape index (κ2) is 6.41. The molecule has 0 aliphatic carbocycles. The van der Waals surface area contributed by atoms with Gasteiger partial charge in [-0.05, 0) is 36.4 Å². The van der Waals surface area contributed by atoms with Gasteiger partial charge in [0.25, 0.3) is 0 Å². The molecule has 22 heavy (non-hydrogen) atoms. The van der Waals surface area contributed by atoms with E-state index in [1.54, 1.807) is 13.2 Å². The Morgan fingerprint density at radius 2 is 1.77 bits per heavy atom. The van der Waals surface area contributed by atoms with Crippen molar-refractivity contribution in [3.05, 3.63) is 59.8 Å². The second-order valence-corrected chi connectivity index (χ2v) is 5.00. The van der Waals surface area contributed by atoms with Crippen molar-refractivity contribution in [2.45, 2.75) is 0 Å². The Bertz CT molecular complexity index is 759. The molecule has 2 aromatic heterocycles. The van der Waals surface area contributed by atoms with E-state index in [2.05, 4.69) is 25.6 Å². The zero-order valence-electron chi connectivity index (χ0n) is 11.9. The van der Waals surface area contributed by atoms with Crippen molar-refractivity contribution in [2.24, 2.45) is 0 Å². The third kappa shape index (κ3) is 3.32. The van der Waals surface area contributed by atoms with Gasteiger partial charge >= 0.3 is 0 Å². The molecule has 0 spiro atoms. The molecule has 2 N–H and O–H groups in total. The molecule has 110 valence electrons. The van der Waals surface area contributed by atoms with E-state index >= 15 is 0 Å². The molecule has 2 heterocycles. The van der Waals surface area contributed by atoms with Crippen LogP contribution in [0.25, 0.3) is 11.4 Å². The molecule has 3 rings (SSSR count). The largest absolute Gasteiger partial charge is 0.357 e. The molecule has 0 atom stereocenters. The maximum atomic E-state index is 5.90. The lowest BCUT2D eigenvalue weighted by Crippen LogP contribution is -2.02. The number of benzene rings is 1. The van der Waals surface area contributed by atoms with Gasteiger partial charge in [0, 0.05) is 30.0 Å². The number of hydrogen-bond acceptors (Lipinski definition) is 5. The average Bonchev–Trinajstić information content (AvgIpc) is 2.57. The topological polar surface area (TPSA) is 62.7 Å². The summed E-state index contributed by atoms with van der Waals surface area (Å²) in [4.78, 5) is 13.2.